The monoisotopic (exact) mass is 379 g/mol. The van der Waals surface area contributed by atoms with E-state index in [-0.39, 0.29) is 24.7 Å². The lowest BCUT2D eigenvalue weighted by atomic mass is 10.1. The van der Waals surface area contributed by atoms with Crippen molar-refractivity contribution in [3.05, 3.63) is 71.7 Å². The van der Waals surface area contributed by atoms with Gasteiger partial charge in [-0.1, -0.05) is 18.2 Å². The van der Waals surface area contributed by atoms with Crippen LogP contribution in [0.2, 0.25) is 0 Å². The molecule has 2 aromatic carbocycles. The molecule has 1 fully saturated rings. The van der Waals surface area contributed by atoms with Gasteiger partial charge in [0.25, 0.3) is 17.6 Å². The Bertz CT molecular complexity index is 1050. The second kappa shape index (κ2) is 7.26. The first-order valence-corrected chi connectivity index (χ1v) is 8.99. The number of benzene rings is 2. The van der Waals surface area contributed by atoms with Gasteiger partial charge in [0, 0.05) is 42.6 Å². The lowest BCUT2D eigenvalue weighted by Gasteiger charge is -2.34. The van der Waals surface area contributed by atoms with E-state index >= 15 is 0 Å². The van der Waals surface area contributed by atoms with E-state index in [0.717, 1.165) is 0 Å². The Morgan fingerprint density at radius 3 is 2.25 bits per heavy atom. The number of aromatic nitrogens is 1. The predicted molar refractivity (Wildman–Crippen MR) is 102 cm³/mol. The number of hydrogen-bond donors (Lipinski definition) is 1. The number of amides is 2. The van der Waals surface area contributed by atoms with Crippen molar-refractivity contribution < 1.29 is 18.8 Å². The summed E-state index contributed by atoms with van der Waals surface area (Å²) in [4.78, 5) is 43.5. The molecule has 0 radical (unpaired) electrons. The first-order chi connectivity index (χ1) is 13.5. The molecule has 4 rings (SSSR count). The van der Waals surface area contributed by atoms with Gasteiger partial charge in [-0.2, -0.15) is 0 Å². The van der Waals surface area contributed by atoms with Crippen LogP contribution in [0, 0.1) is 5.82 Å². The topological polar surface area (TPSA) is 73.5 Å². The highest BCUT2D eigenvalue weighted by atomic mass is 19.1. The molecule has 1 saturated heterocycles. The van der Waals surface area contributed by atoms with Crippen LogP contribution in [0.1, 0.15) is 20.8 Å². The zero-order valence-corrected chi connectivity index (χ0v) is 15.0. The van der Waals surface area contributed by atoms with E-state index in [0.29, 0.717) is 29.6 Å². The minimum atomic E-state index is -0.667. The van der Waals surface area contributed by atoms with Crippen LogP contribution in [0.3, 0.4) is 0 Å². The van der Waals surface area contributed by atoms with Crippen molar-refractivity contribution in [2.45, 2.75) is 0 Å². The van der Waals surface area contributed by atoms with Gasteiger partial charge in [0.1, 0.15) is 5.82 Å². The minimum absolute atomic E-state index is 0.0864. The smallest absolute Gasteiger partial charge is 0.296 e. The van der Waals surface area contributed by atoms with E-state index in [1.807, 2.05) is 6.07 Å². The lowest BCUT2D eigenvalue weighted by Crippen LogP contribution is -2.52. The Morgan fingerprint density at radius 1 is 0.857 bits per heavy atom. The molecule has 0 bridgehead atoms. The summed E-state index contributed by atoms with van der Waals surface area (Å²) < 4.78 is 13.3. The number of halogens is 1. The number of nitrogens with one attached hydrogen (secondary N) is 1. The van der Waals surface area contributed by atoms with Gasteiger partial charge in [0.2, 0.25) is 0 Å². The Labute approximate surface area is 160 Å². The van der Waals surface area contributed by atoms with Crippen LogP contribution in [0.15, 0.2) is 54.6 Å². The van der Waals surface area contributed by atoms with Crippen LogP contribution in [-0.2, 0) is 4.79 Å². The van der Waals surface area contributed by atoms with Crippen molar-refractivity contribution in [2.75, 3.05) is 26.2 Å². The highest BCUT2D eigenvalue weighted by molar-refractivity contribution is 6.42. The molecule has 1 aromatic heterocycles. The maximum Gasteiger partial charge on any atom is 0.296 e. The van der Waals surface area contributed by atoms with Crippen LogP contribution in [0.25, 0.3) is 10.9 Å². The van der Waals surface area contributed by atoms with E-state index in [2.05, 4.69) is 4.98 Å². The maximum absolute atomic E-state index is 13.3. The molecule has 1 N–H and O–H groups in total. The van der Waals surface area contributed by atoms with Crippen molar-refractivity contribution in [3.8, 4) is 0 Å². The zero-order chi connectivity index (χ0) is 19.7. The molecule has 6 nitrogen and oxygen atoms in total. The second-order valence-electron chi connectivity index (χ2n) is 6.69. The van der Waals surface area contributed by atoms with Gasteiger partial charge >= 0.3 is 0 Å². The van der Waals surface area contributed by atoms with E-state index < -0.39 is 17.5 Å². The summed E-state index contributed by atoms with van der Waals surface area (Å²) in [5, 5.41) is 0.663. The number of H-pyrrole nitrogens is 1. The average Bonchev–Trinajstić information content (AvgIpc) is 3.16. The molecule has 0 saturated carbocycles. The predicted octanol–water partition coefficient (Wildman–Crippen LogP) is 2.47. The number of hydrogen-bond acceptors (Lipinski definition) is 3. The van der Waals surface area contributed by atoms with Crippen molar-refractivity contribution in [3.63, 3.8) is 0 Å². The van der Waals surface area contributed by atoms with Crippen molar-refractivity contribution >= 4 is 28.5 Å². The Kier molecular flexibility index (Phi) is 4.65. The fourth-order valence-electron chi connectivity index (χ4n) is 3.36. The molecule has 1 aliphatic rings. The van der Waals surface area contributed by atoms with Gasteiger partial charge in [0.15, 0.2) is 0 Å². The first-order valence-electron chi connectivity index (χ1n) is 8.99. The van der Waals surface area contributed by atoms with E-state index in [1.165, 1.54) is 17.0 Å². The number of ketones is 1. The van der Waals surface area contributed by atoms with Crippen molar-refractivity contribution in [1.82, 2.24) is 14.8 Å². The molecule has 7 heteroatoms. The Balaban J connectivity index is 1.41. The SMILES string of the molecule is O=C(C(=O)N1CCN(C(=O)c2ccccc2)CC1)c1cc2ccc(F)cc2[nH]1. The number of fused-ring (bicyclic) bond motifs is 1. The summed E-state index contributed by atoms with van der Waals surface area (Å²) in [6.45, 7) is 1.31. The Morgan fingerprint density at radius 2 is 1.54 bits per heavy atom. The van der Waals surface area contributed by atoms with Gasteiger partial charge in [-0.05, 0) is 36.4 Å². The van der Waals surface area contributed by atoms with Crippen molar-refractivity contribution in [1.29, 1.82) is 0 Å². The number of carbonyl (C=O) groups is 3. The quantitative estimate of drug-likeness (QED) is 0.561. The van der Waals surface area contributed by atoms with Crippen LogP contribution in [0.4, 0.5) is 4.39 Å². The van der Waals surface area contributed by atoms with Gasteiger partial charge in [0.05, 0.1) is 5.69 Å². The zero-order valence-electron chi connectivity index (χ0n) is 15.0. The number of aromatic amines is 1. The normalized spacial score (nSPS) is 14.3. The van der Waals surface area contributed by atoms with Crippen molar-refractivity contribution in [2.24, 2.45) is 0 Å². The summed E-state index contributed by atoms with van der Waals surface area (Å²) in [5.41, 5.74) is 1.20. The van der Waals surface area contributed by atoms with E-state index in [1.54, 1.807) is 41.3 Å². The minimum Gasteiger partial charge on any atom is -0.352 e. The molecule has 0 aliphatic carbocycles. The summed E-state index contributed by atoms with van der Waals surface area (Å²) in [5.74, 6) is -1.80. The number of Topliss-reactive ketones (excluding diaryl/α,β-unsaturated/α-hetero) is 1. The number of rotatable bonds is 3. The molecule has 3 aromatic rings. The molecular weight excluding hydrogens is 361 g/mol. The third-order valence-electron chi connectivity index (χ3n) is 4.90. The van der Waals surface area contributed by atoms with Crippen LogP contribution >= 0.6 is 0 Å². The highest BCUT2D eigenvalue weighted by Gasteiger charge is 2.29. The summed E-state index contributed by atoms with van der Waals surface area (Å²) in [6, 6.07) is 14.6. The maximum atomic E-state index is 13.3. The lowest BCUT2D eigenvalue weighted by molar-refractivity contribution is -0.127. The molecule has 142 valence electrons. The number of nitrogens with zero attached hydrogens (tertiary/aromatic N) is 2. The number of carbonyl (C=O) groups excluding carboxylic acids is 3. The molecule has 2 heterocycles. The molecule has 2 amide bonds. The third kappa shape index (κ3) is 3.38. The third-order valence-corrected chi connectivity index (χ3v) is 4.90. The summed E-state index contributed by atoms with van der Waals surface area (Å²) in [6.07, 6.45) is 0. The molecule has 0 unspecified atom stereocenters. The fourth-order valence-corrected chi connectivity index (χ4v) is 3.36. The molecule has 0 spiro atoms. The van der Waals surface area contributed by atoms with Crippen LogP contribution in [0.5, 0.6) is 0 Å². The molecule has 1 aliphatic heterocycles. The average molecular weight is 379 g/mol. The molecular formula is C21H18FN3O3. The van der Waals surface area contributed by atoms with Gasteiger partial charge in [-0.25, -0.2) is 4.39 Å². The largest absolute Gasteiger partial charge is 0.352 e. The molecule has 28 heavy (non-hydrogen) atoms. The number of piperazine rings is 1. The standard InChI is InChI=1S/C21H18FN3O3/c22-16-7-6-15-12-18(23-17(15)13-16)19(26)21(28)25-10-8-24(9-11-25)20(27)14-4-2-1-3-5-14/h1-7,12-13,23H,8-11H2. The van der Waals surface area contributed by atoms with E-state index in [9.17, 15) is 18.8 Å². The van der Waals surface area contributed by atoms with Gasteiger partial charge in [-0.3, -0.25) is 14.4 Å². The summed E-state index contributed by atoms with van der Waals surface area (Å²) in [7, 11) is 0. The second-order valence-corrected chi connectivity index (χ2v) is 6.69. The first kappa shape index (κ1) is 17.9. The summed E-state index contributed by atoms with van der Waals surface area (Å²) >= 11 is 0. The molecule has 0 atom stereocenters. The fraction of sp³-hybridized carbons (Fsp3) is 0.190. The van der Waals surface area contributed by atoms with E-state index in [4.69, 9.17) is 0 Å². The Hall–Kier alpha value is -3.48. The van der Waals surface area contributed by atoms with Crippen LogP contribution < -0.4 is 0 Å². The van der Waals surface area contributed by atoms with Gasteiger partial charge < -0.3 is 14.8 Å². The van der Waals surface area contributed by atoms with Crippen LogP contribution in [-0.4, -0.2) is 58.6 Å². The highest BCUT2D eigenvalue weighted by Crippen LogP contribution is 2.18. The van der Waals surface area contributed by atoms with Gasteiger partial charge in [-0.15, -0.1) is 0 Å².